The zero-order valence-corrected chi connectivity index (χ0v) is 16.1. The number of benzene rings is 1. The summed E-state index contributed by atoms with van der Waals surface area (Å²) in [7, 11) is 1.23. The van der Waals surface area contributed by atoms with Gasteiger partial charge in [0, 0.05) is 0 Å². The summed E-state index contributed by atoms with van der Waals surface area (Å²) in [6.45, 7) is 1.60. The fourth-order valence-electron chi connectivity index (χ4n) is 2.56. The number of hydrogen-bond donors (Lipinski definition) is 1. The predicted molar refractivity (Wildman–Crippen MR) is 101 cm³/mol. The molecule has 0 atom stereocenters. The minimum atomic E-state index is -4.49. The number of esters is 1. The predicted octanol–water partition coefficient (Wildman–Crippen LogP) is 4.84. The van der Waals surface area contributed by atoms with E-state index in [1.165, 1.54) is 25.3 Å². The van der Waals surface area contributed by atoms with Crippen LogP contribution in [-0.4, -0.2) is 23.0 Å². The topological polar surface area (TPSA) is 72.0 Å². The van der Waals surface area contributed by atoms with Crippen molar-refractivity contribution in [3.8, 4) is 0 Å². The van der Waals surface area contributed by atoms with Gasteiger partial charge in [-0.25, -0.2) is 9.78 Å². The molecule has 2 aromatic heterocycles. The molecule has 0 aliphatic carbocycles. The van der Waals surface area contributed by atoms with Crippen molar-refractivity contribution in [3.05, 3.63) is 62.0 Å². The maximum atomic E-state index is 12.8. The minimum absolute atomic E-state index is 0.0192. The van der Waals surface area contributed by atoms with E-state index in [9.17, 15) is 22.8 Å². The van der Waals surface area contributed by atoms with Crippen LogP contribution in [0.4, 0.5) is 13.2 Å². The summed E-state index contributed by atoms with van der Waals surface area (Å²) < 4.78 is 43.2. The Morgan fingerprint density at radius 1 is 1.36 bits per heavy atom. The lowest BCUT2D eigenvalue weighted by Gasteiger charge is -2.07. The Kier molecular flexibility index (Phi) is 5.31. The Bertz CT molecular complexity index is 1170. The summed E-state index contributed by atoms with van der Waals surface area (Å²) in [6, 6.07) is 4.58. The van der Waals surface area contributed by atoms with Crippen molar-refractivity contribution in [2.75, 3.05) is 7.11 Å². The lowest BCUT2D eigenvalue weighted by molar-refractivity contribution is -0.137. The van der Waals surface area contributed by atoms with Crippen molar-refractivity contribution in [1.82, 2.24) is 9.97 Å². The number of aryl methyl sites for hydroxylation is 1. The highest BCUT2D eigenvalue weighted by Crippen LogP contribution is 2.31. The number of nitrogens with zero attached hydrogens (tertiary/aromatic N) is 1. The van der Waals surface area contributed by atoms with Crippen molar-refractivity contribution in [1.29, 1.82) is 0 Å². The Hall–Kier alpha value is -2.65. The highest BCUT2D eigenvalue weighted by molar-refractivity contribution is 7.20. The highest BCUT2D eigenvalue weighted by Gasteiger charge is 2.30. The number of rotatable bonds is 3. The third-order valence-corrected chi connectivity index (χ3v) is 5.36. The van der Waals surface area contributed by atoms with Gasteiger partial charge in [0.2, 0.25) is 0 Å². The molecule has 0 saturated heterocycles. The molecule has 5 nitrogen and oxygen atoms in total. The van der Waals surface area contributed by atoms with Gasteiger partial charge in [-0.3, -0.25) is 4.79 Å². The van der Waals surface area contributed by atoms with E-state index in [4.69, 9.17) is 11.6 Å². The normalized spacial score (nSPS) is 12.4. The number of carbonyl (C=O) groups is 1. The zero-order valence-electron chi connectivity index (χ0n) is 14.5. The molecule has 0 fully saturated rings. The van der Waals surface area contributed by atoms with E-state index in [2.05, 4.69) is 14.7 Å². The van der Waals surface area contributed by atoms with Crippen LogP contribution >= 0.6 is 22.9 Å². The van der Waals surface area contributed by atoms with Gasteiger partial charge in [-0.05, 0) is 36.3 Å². The van der Waals surface area contributed by atoms with Crippen molar-refractivity contribution in [2.24, 2.45) is 0 Å². The first-order chi connectivity index (χ1) is 13.1. The second-order valence-electron chi connectivity index (χ2n) is 5.76. The number of ether oxygens (including phenoxy) is 1. The number of thiophene rings is 1. The van der Waals surface area contributed by atoms with E-state index in [0.29, 0.717) is 5.56 Å². The Labute approximate surface area is 165 Å². The lowest BCUT2D eigenvalue weighted by atomic mass is 10.1. The van der Waals surface area contributed by atoms with Crippen LogP contribution in [0.1, 0.15) is 32.2 Å². The molecular weight excluding hydrogens is 417 g/mol. The largest absolute Gasteiger partial charge is 0.465 e. The molecule has 0 unspecified atom stereocenters. The number of aromatic amines is 1. The van der Waals surface area contributed by atoms with E-state index in [1.54, 1.807) is 6.92 Å². The summed E-state index contributed by atoms with van der Waals surface area (Å²) in [5.41, 5.74) is -0.705. The molecule has 1 aromatic carbocycles. The standard InChI is InChI=1S/C18H12ClF3N2O3S/c1-8-12-15(25)23-14(24-16(12)28-13(8)17(26)27-2)11(19)7-9-4-3-5-10(6-9)18(20,21)22/h3-7H,1-2H3,(H,23,24,25)/b11-7-. The molecule has 3 aromatic rings. The van der Waals surface area contributed by atoms with Crippen LogP contribution in [0.5, 0.6) is 0 Å². The Morgan fingerprint density at radius 3 is 2.71 bits per heavy atom. The van der Waals surface area contributed by atoms with E-state index >= 15 is 0 Å². The van der Waals surface area contributed by atoms with Crippen LogP contribution in [-0.2, 0) is 10.9 Å². The van der Waals surface area contributed by atoms with Crippen molar-refractivity contribution in [3.63, 3.8) is 0 Å². The Morgan fingerprint density at radius 2 is 2.07 bits per heavy atom. The molecule has 0 saturated carbocycles. The first-order valence-electron chi connectivity index (χ1n) is 7.78. The summed E-state index contributed by atoms with van der Waals surface area (Å²) in [6.07, 6.45) is -3.22. The van der Waals surface area contributed by atoms with Crippen molar-refractivity contribution >= 4 is 50.2 Å². The molecule has 10 heteroatoms. The fourth-order valence-corrected chi connectivity index (χ4v) is 3.88. The van der Waals surface area contributed by atoms with Crippen molar-refractivity contribution in [2.45, 2.75) is 13.1 Å². The van der Waals surface area contributed by atoms with Gasteiger partial charge in [0.05, 0.1) is 23.1 Å². The number of carbonyl (C=O) groups excluding carboxylic acids is 1. The van der Waals surface area contributed by atoms with Gasteiger partial charge in [-0.15, -0.1) is 11.3 Å². The molecule has 3 rings (SSSR count). The van der Waals surface area contributed by atoms with Gasteiger partial charge in [0.15, 0.2) is 5.82 Å². The van der Waals surface area contributed by atoms with Gasteiger partial charge in [-0.1, -0.05) is 23.7 Å². The van der Waals surface area contributed by atoms with Gasteiger partial charge >= 0.3 is 12.1 Å². The van der Waals surface area contributed by atoms with Crippen LogP contribution in [0.15, 0.2) is 29.1 Å². The van der Waals surface area contributed by atoms with Crippen LogP contribution in [0, 0.1) is 6.92 Å². The summed E-state index contributed by atoms with van der Waals surface area (Å²) in [5.74, 6) is -0.610. The number of fused-ring (bicyclic) bond motifs is 1. The third-order valence-electron chi connectivity index (χ3n) is 3.90. The molecule has 0 spiro atoms. The van der Waals surface area contributed by atoms with Gasteiger partial charge in [0.25, 0.3) is 5.56 Å². The lowest BCUT2D eigenvalue weighted by Crippen LogP contribution is -2.10. The van der Waals surface area contributed by atoms with Gasteiger partial charge in [-0.2, -0.15) is 13.2 Å². The van der Waals surface area contributed by atoms with E-state index in [1.807, 2.05) is 0 Å². The number of alkyl halides is 3. The SMILES string of the molecule is COC(=O)c1sc2nc(/C(Cl)=C/c3cccc(C(F)(F)F)c3)[nH]c(=O)c2c1C. The number of H-pyrrole nitrogens is 1. The van der Waals surface area contributed by atoms with Crippen LogP contribution in [0.25, 0.3) is 21.3 Å². The number of hydrogen-bond acceptors (Lipinski definition) is 5. The van der Waals surface area contributed by atoms with E-state index in [-0.39, 0.29) is 31.5 Å². The molecule has 2 heterocycles. The van der Waals surface area contributed by atoms with Crippen LogP contribution < -0.4 is 5.56 Å². The van der Waals surface area contributed by atoms with Crippen molar-refractivity contribution < 1.29 is 22.7 Å². The first kappa shape index (κ1) is 20.1. The smallest absolute Gasteiger partial charge is 0.416 e. The van der Waals surface area contributed by atoms with Crippen LogP contribution in [0.3, 0.4) is 0 Å². The van der Waals surface area contributed by atoms with Gasteiger partial charge in [0.1, 0.15) is 9.71 Å². The molecule has 0 bridgehead atoms. The van der Waals surface area contributed by atoms with E-state index in [0.717, 1.165) is 23.5 Å². The number of aromatic nitrogens is 2. The maximum Gasteiger partial charge on any atom is 0.416 e. The average Bonchev–Trinajstić information content (AvgIpc) is 2.97. The maximum absolute atomic E-state index is 12.8. The summed E-state index contributed by atoms with van der Waals surface area (Å²) in [5, 5.41) is 0.182. The molecule has 0 aliphatic rings. The minimum Gasteiger partial charge on any atom is -0.465 e. The highest BCUT2D eigenvalue weighted by atomic mass is 35.5. The monoisotopic (exact) mass is 428 g/mol. The molecule has 28 heavy (non-hydrogen) atoms. The fraction of sp³-hybridized carbons (Fsp3) is 0.167. The Balaban J connectivity index is 2.07. The second-order valence-corrected chi connectivity index (χ2v) is 7.16. The molecule has 0 aliphatic heterocycles. The number of nitrogens with one attached hydrogen (secondary N) is 1. The summed E-state index contributed by atoms with van der Waals surface area (Å²) >= 11 is 7.15. The molecular formula is C18H12ClF3N2O3S. The molecule has 0 radical (unpaired) electrons. The average molecular weight is 429 g/mol. The zero-order chi connectivity index (χ0) is 20.6. The molecule has 146 valence electrons. The molecule has 1 N–H and O–H groups in total. The van der Waals surface area contributed by atoms with Crippen LogP contribution in [0.2, 0.25) is 0 Å². The quantitative estimate of drug-likeness (QED) is 0.606. The van der Waals surface area contributed by atoms with E-state index < -0.39 is 23.3 Å². The third kappa shape index (κ3) is 3.81. The first-order valence-corrected chi connectivity index (χ1v) is 8.98. The second kappa shape index (κ2) is 7.40. The van der Waals surface area contributed by atoms with Gasteiger partial charge < -0.3 is 9.72 Å². The molecule has 0 amide bonds. The number of halogens is 4. The number of methoxy groups -OCH3 is 1. The summed E-state index contributed by atoms with van der Waals surface area (Å²) in [4.78, 5) is 31.5.